The van der Waals surface area contributed by atoms with E-state index in [-0.39, 0.29) is 11.0 Å². The Morgan fingerprint density at radius 1 is 1.17 bits per heavy atom. The van der Waals surface area contributed by atoms with E-state index in [9.17, 15) is 23.2 Å². The van der Waals surface area contributed by atoms with Crippen molar-refractivity contribution in [1.82, 2.24) is 24.5 Å². The second kappa shape index (κ2) is 5.93. The molecule has 7 nitrogen and oxygen atoms in total. The predicted octanol–water partition coefficient (Wildman–Crippen LogP) is 3.64. The van der Waals surface area contributed by atoms with Crippen molar-refractivity contribution in [3.8, 4) is 11.8 Å². The molecular formula is C20H11F3N6O. The highest BCUT2D eigenvalue weighted by molar-refractivity contribution is 6.06. The van der Waals surface area contributed by atoms with Gasteiger partial charge in [0, 0.05) is 29.4 Å². The van der Waals surface area contributed by atoms with E-state index < -0.39 is 22.9 Å². The van der Waals surface area contributed by atoms with Crippen LogP contribution in [-0.2, 0) is 13.2 Å². The van der Waals surface area contributed by atoms with Gasteiger partial charge in [0.15, 0.2) is 5.52 Å². The summed E-state index contributed by atoms with van der Waals surface area (Å²) in [7, 11) is 1.61. The van der Waals surface area contributed by atoms with Crippen molar-refractivity contribution in [3.05, 3.63) is 64.2 Å². The van der Waals surface area contributed by atoms with Gasteiger partial charge in [-0.25, -0.2) is 0 Å². The molecule has 0 saturated heterocycles. The largest absolute Gasteiger partial charge is 0.417 e. The number of halogens is 3. The smallest absolute Gasteiger partial charge is 0.278 e. The maximum Gasteiger partial charge on any atom is 0.417 e. The molecular weight excluding hydrogens is 397 g/mol. The van der Waals surface area contributed by atoms with Gasteiger partial charge in [-0.05, 0) is 24.3 Å². The highest BCUT2D eigenvalue weighted by atomic mass is 19.4. The molecule has 148 valence electrons. The molecule has 0 bridgehead atoms. The molecule has 30 heavy (non-hydrogen) atoms. The molecule has 0 saturated carbocycles. The zero-order valence-electron chi connectivity index (χ0n) is 15.3. The summed E-state index contributed by atoms with van der Waals surface area (Å²) in [6.07, 6.45) is -1.71. The Kier molecular flexibility index (Phi) is 3.55. The summed E-state index contributed by atoms with van der Waals surface area (Å²) in [6.45, 7) is 0. The number of hydrogen-bond donors (Lipinski definition) is 1. The Bertz CT molecular complexity index is 1580. The molecule has 0 aliphatic rings. The molecule has 5 rings (SSSR count). The lowest BCUT2D eigenvalue weighted by Crippen LogP contribution is -2.20. The van der Waals surface area contributed by atoms with Crippen LogP contribution in [0, 0.1) is 11.3 Å². The van der Waals surface area contributed by atoms with Gasteiger partial charge in [-0.15, -0.1) is 0 Å². The molecule has 3 heterocycles. The number of benzene rings is 2. The fraction of sp³-hybridized carbons (Fsp3) is 0.100. The van der Waals surface area contributed by atoms with Crippen LogP contribution in [0.1, 0.15) is 11.1 Å². The number of aryl methyl sites for hydroxylation is 1. The first-order valence-corrected chi connectivity index (χ1v) is 8.75. The summed E-state index contributed by atoms with van der Waals surface area (Å²) in [5.74, 6) is 0. The van der Waals surface area contributed by atoms with Crippen LogP contribution in [0.2, 0.25) is 0 Å². The van der Waals surface area contributed by atoms with Gasteiger partial charge in [0.1, 0.15) is 0 Å². The Hall–Kier alpha value is -4.13. The number of rotatable bonds is 1. The summed E-state index contributed by atoms with van der Waals surface area (Å²) in [6, 6.07) is 8.66. The Labute approximate surface area is 165 Å². The minimum atomic E-state index is -4.76. The second-order valence-corrected chi connectivity index (χ2v) is 6.84. The predicted molar refractivity (Wildman–Crippen MR) is 103 cm³/mol. The summed E-state index contributed by atoms with van der Waals surface area (Å²) in [4.78, 5) is 13.3. The molecule has 10 heteroatoms. The molecule has 3 aromatic heterocycles. The monoisotopic (exact) mass is 408 g/mol. The molecule has 0 atom stereocenters. The number of nitriles is 1. The Morgan fingerprint density at radius 2 is 1.97 bits per heavy atom. The third-order valence-corrected chi connectivity index (χ3v) is 5.03. The van der Waals surface area contributed by atoms with E-state index in [1.807, 2.05) is 0 Å². The Balaban J connectivity index is 2.06. The van der Waals surface area contributed by atoms with Gasteiger partial charge in [-0.3, -0.25) is 19.1 Å². The van der Waals surface area contributed by atoms with Crippen LogP contribution in [0.25, 0.3) is 38.4 Å². The maximum absolute atomic E-state index is 13.6. The van der Waals surface area contributed by atoms with Crippen molar-refractivity contribution in [3.63, 3.8) is 0 Å². The van der Waals surface area contributed by atoms with E-state index >= 15 is 0 Å². The number of aromatic nitrogens is 5. The average Bonchev–Trinajstić information content (AvgIpc) is 3.33. The van der Waals surface area contributed by atoms with Gasteiger partial charge in [0.2, 0.25) is 0 Å². The van der Waals surface area contributed by atoms with Crippen molar-refractivity contribution in [2.45, 2.75) is 6.18 Å². The van der Waals surface area contributed by atoms with Crippen molar-refractivity contribution in [2.24, 2.45) is 7.05 Å². The highest BCUT2D eigenvalue weighted by Crippen LogP contribution is 2.36. The van der Waals surface area contributed by atoms with Gasteiger partial charge >= 0.3 is 6.18 Å². The van der Waals surface area contributed by atoms with Crippen molar-refractivity contribution in [1.29, 1.82) is 5.26 Å². The van der Waals surface area contributed by atoms with E-state index in [0.29, 0.717) is 27.4 Å². The number of hydrogen-bond acceptors (Lipinski definition) is 4. The summed E-state index contributed by atoms with van der Waals surface area (Å²) < 4.78 is 43.6. The lowest BCUT2D eigenvalue weighted by Gasteiger charge is -2.15. The standard InChI is InChI=1S/C20H11F3N6O/c1-28-9-13-11-5-10(7-24)14(20(21,22)23)6-17(11)29(19(30)18(13)27-28)16-4-2-3-15-12(16)8-25-26-15/h2-6,8-9H,1H3,(H,25,26). The van der Waals surface area contributed by atoms with Crippen molar-refractivity contribution in [2.75, 3.05) is 0 Å². The van der Waals surface area contributed by atoms with E-state index in [2.05, 4.69) is 15.3 Å². The van der Waals surface area contributed by atoms with Gasteiger partial charge in [0.25, 0.3) is 5.56 Å². The number of pyridine rings is 1. The number of nitrogens with zero attached hydrogens (tertiary/aromatic N) is 5. The Morgan fingerprint density at radius 3 is 2.70 bits per heavy atom. The zero-order valence-corrected chi connectivity index (χ0v) is 15.3. The van der Waals surface area contributed by atoms with E-state index in [1.54, 1.807) is 37.5 Å². The van der Waals surface area contributed by atoms with Crippen LogP contribution in [0.4, 0.5) is 13.2 Å². The third kappa shape index (κ3) is 2.42. The van der Waals surface area contributed by atoms with Crippen LogP contribution in [0.5, 0.6) is 0 Å². The first-order valence-electron chi connectivity index (χ1n) is 8.75. The number of aromatic amines is 1. The molecule has 5 aromatic rings. The molecule has 0 amide bonds. The van der Waals surface area contributed by atoms with Crippen LogP contribution < -0.4 is 5.56 Å². The van der Waals surface area contributed by atoms with Crippen LogP contribution in [0.3, 0.4) is 0 Å². The zero-order chi connectivity index (χ0) is 21.2. The average molecular weight is 408 g/mol. The third-order valence-electron chi connectivity index (χ3n) is 5.03. The summed E-state index contributed by atoms with van der Waals surface area (Å²) in [5, 5.41) is 21.5. The van der Waals surface area contributed by atoms with Crippen LogP contribution >= 0.6 is 0 Å². The molecule has 2 aromatic carbocycles. The fourth-order valence-electron chi connectivity index (χ4n) is 3.76. The molecule has 0 aliphatic carbocycles. The number of alkyl halides is 3. The fourth-order valence-corrected chi connectivity index (χ4v) is 3.76. The second-order valence-electron chi connectivity index (χ2n) is 6.84. The van der Waals surface area contributed by atoms with Crippen LogP contribution in [-0.4, -0.2) is 24.5 Å². The van der Waals surface area contributed by atoms with Gasteiger partial charge in [-0.1, -0.05) is 6.07 Å². The minimum Gasteiger partial charge on any atom is -0.278 e. The number of H-pyrrole nitrogens is 1. The quantitative estimate of drug-likeness (QED) is 0.458. The first kappa shape index (κ1) is 17.9. The lowest BCUT2D eigenvalue weighted by atomic mass is 10.0. The summed E-state index contributed by atoms with van der Waals surface area (Å²) in [5.41, 5.74) is -1.08. The summed E-state index contributed by atoms with van der Waals surface area (Å²) >= 11 is 0. The lowest BCUT2D eigenvalue weighted by molar-refractivity contribution is -0.137. The van der Waals surface area contributed by atoms with Crippen LogP contribution in [0.15, 0.2) is 47.5 Å². The molecule has 0 aliphatic heterocycles. The SMILES string of the molecule is Cn1cc2c(n1)c(=O)n(-c1cccc3[nH]ncc13)c1cc(C(F)(F)F)c(C#N)cc21. The van der Waals surface area contributed by atoms with Gasteiger partial charge in [-0.2, -0.15) is 28.6 Å². The normalized spacial score (nSPS) is 12.1. The van der Waals surface area contributed by atoms with Crippen molar-refractivity contribution < 1.29 is 13.2 Å². The topological polar surface area (TPSA) is 92.3 Å². The van der Waals surface area contributed by atoms with E-state index in [4.69, 9.17) is 0 Å². The van der Waals surface area contributed by atoms with Crippen molar-refractivity contribution >= 4 is 32.7 Å². The van der Waals surface area contributed by atoms with Gasteiger partial charge < -0.3 is 0 Å². The molecule has 0 spiro atoms. The first-order chi connectivity index (χ1) is 14.3. The molecule has 0 radical (unpaired) electrons. The maximum atomic E-state index is 13.6. The molecule has 0 unspecified atom stereocenters. The molecule has 1 N–H and O–H groups in total. The highest BCUT2D eigenvalue weighted by Gasteiger charge is 2.35. The van der Waals surface area contributed by atoms with E-state index in [1.165, 1.54) is 15.4 Å². The minimum absolute atomic E-state index is 0.0283. The number of nitrogens with one attached hydrogen (secondary N) is 1. The number of fused-ring (bicyclic) bond motifs is 4. The molecule has 0 fully saturated rings. The van der Waals surface area contributed by atoms with E-state index in [0.717, 1.165) is 12.1 Å². The van der Waals surface area contributed by atoms with Gasteiger partial charge in [0.05, 0.1) is 40.1 Å².